The molecule has 1 fully saturated rings. The maximum absolute atomic E-state index is 12.1. The Kier molecular flexibility index (Phi) is 5.50. The summed E-state index contributed by atoms with van der Waals surface area (Å²) in [6.45, 7) is 5.56. The zero-order chi connectivity index (χ0) is 15.3. The van der Waals surface area contributed by atoms with Crippen LogP contribution in [0.2, 0.25) is 0 Å². The third-order valence-corrected chi connectivity index (χ3v) is 3.62. The topological polar surface area (TPSA) is 98.7 Å². The van der Waals surface area contributed by atoms with Crippen LogP contribution in [0.1, 0.15) is 33.6 Å². The number of carbonyl (C=O) groups excluding carboxylic acids is 3. The highest BCUT2D eigenvalue weighted by Gasteiger charge is 2.46. The first kappa shape index (κ1) is 16.4. The van der Waals surface area contributed by atoms with Crippen molar-refractivity contribution in [3.63, 3.8) is 0 Å². The second-order valence-corrected chi connectivity index (χ2v) is 5.43. The number of aliphatic hydroxyl groups is 1. The summed E-state index contributed by atoms with van der Waals surface area (Å²) in [6.07, 6.45) is 1.07. The lowest BCUT2D eigenvalue weighted by molar-refractivity contribution is -0.134. The Balaban J connectivity index is 2.50. The van der Waals surface area contributed by atoms with E-state index in [0.29, 0.717) is 19.4 Å². The second-order valence-electron chi connectivity index (χ2n) is 5.43. The molecule has 0 radical (unpaired) electrons. The van der Waals surface area contributed by atoms with Gasteiger partial charge in [0.2, 0.25) is 5.91 Å². The lowest BCUT2D eigenvalue weighted by Crippen LogP contribution is -2.45. The van der Waals surface area contributed by atoms with Crippen LogP contribution in [-0.4, -0.2) is 53.1 Å². The van der Waals surface area contributed by atoms with Gasteiger partial charge in [0, 0.05) is 13.2 Å². The summed E-state index contributed by atoms with van der Waals surface area (Å²) in [7, 11) is 0. The van der Waals surface area contributed by atoms with Gasteiger partial charge in [-0.25, -0.2) is 4.79 Å². The molecule has 1 aliphatic rings. The lowest BCUT2D eigenvalue weighted by atomic mass is 9.99. The Bertz CT molecular complexity index is 399. The number of aliphatic hydroxyl groups excluding tert-OH is 1. The Morgan fingerprint density at radius 1 is 1.50 bits per heavy atom. The van der Waals surface area contributed by atoms with E-state index in [2.05, 4.69) is 10.6 Å². The fourth-order valence-corrected chi connectivity index (χ4v) is 1.94. The molecule has 0 bridgehead atoms. The van der Waals surface area contributed by atoms with Crippen LogP contribution in [-0.2, 0) is 9.59 Å². The van der Waals surface area contributed by atoms with E-state index in [9.17, 15) is 14.4 Å². The van der Waals surface area contributed by atoms with Crippen molar-refractivity contribution >= 4 is 17.8 Å². The van der Waals surface area contributed by atoms with Gasteiger partial charge in [-0.05, 0) is 25.7 Å². The van der Waals surface area contributed by atoms with Crippen LogP contribution in [0.25, 0.3) is 0 Å². The molecule has 4 amide bonds. The van der Waals surface area contributed by atoms with Crippen LogP contribution < -0.4 is 10.6 Å². The molecule has 1 heterocycles. The van der Waals surface area contributed by atoms with Gasteiger partial charge in [-0.15, -0.1) is 0 Å². The van der Waals surface area contributed by atoms with Gasteiger partial charge in [0.05, 0.1) is 0 Å². The highest BCUT2D eigenvalue weighted by Crippen LogP contribution is 2.20. The Morgan fingerprint density at radius 3 is 2.65 bits per heavy atom. The molecule has 1 aliphatic heterocycles. The van der Waals surface area contributed by atoms with Crippen molar-refractivity contribution in [3.05, 3.63) is 0 Å². The van der Waals surface area contributed by atoms with Crippen molar-refractivity contribution in [3.8, 4) is 0 Å². The summed E-state index contributed by atoms with van der Waals surface area (Å²) in [5.74, 6) is -0.602. The molecule has 0 aliphatic carbocycles. The minimum Gasteiger partial charge on any atom is -0.396 e. The summed E-state index contributed by atoms with van der Waals surface area (Å²) >= 11 is 0. The van der Waals surface area contributed by atoms with Crippen molar-refractivity contribution < 1.29 is 19.5 Å². The SMILES string of the molecule is CCC1(C)NC(=O)N(CC(=O)NCC(C)CCO)C1=O. The molecule has 1 saturated heterocycles. The molecule has 2 atom stereocenters. The molecule has 0 saturated carbocycles. The first-order valence-corrected chi connectivity index (χ1v) is 6.85. The third kappa shape index (κ3) is 3.69. The molecular weight excluding hydrogens is 262 g/mol. The predicted octanol–water partition coefficient (Wildman–Crippen LogP) is -0.158. The third-order valence-electron chi connectivity index (χ3n) is 3.62. The quantitative estimate of drug-likeness (QED) is 0.566. The van der Waals surface area contributed by atoms with E-state index in [0.717, 1.165) is 4.90 Å². The smallest absolute Gasteiger partial charge is 0.325 e. The molecule has 7 heteroatoms. The zero-order valence-electron chi connectivity index (χ0n) is 12.2. The molecule has 2 unspecified atom stereocenters. The molecule has 1 rings (SSSR count). The maximum atomic E-state index is 12.1. The van der Waals surface area contributed by atoms with Gasteiger partial charge in [0.1, 0.15) is 12.1 Å². The Morgan fingerprint density at radius 2 is 2.15 bits per heavy atom. The summed E-state index contributed by atoms with van der Waals surface area (Å²) in [6, 6.07) is -0.530. The highest BCUT2D eigenvalue weighted by molar-refractivity contribution is 6.08. The molecule has 114 valence electrons. The maximum Gasteiger partial charge on any atom is 0.325 e. The van der Waals surface area contributed by atoms with Gasteiger partial charge < -0.3 is 15.7 Å². The number of carbonyl (C=O) groups is 3. The predicted molar refractivity (Wildman–Crippen MR) is 72.8 cm³/mol. The average molecular weight is 285 g/mol. The summed E-state index contributed by atoms with van der Waals surface area (Å²) < 4.78 is 0. The first-order valence-electron chi connectivity index (χ1n) is 6.85. The standard InChI is InChI=1S/C13H23N3O4/c1-4-13(3)11(19)16(12(20)15-13)8-10(18)14-7-9(2)5-6-17/h9,17H,4-8H2,1-3H3,(H,14,18)(H,15,20). The fourth-order valence-electron chi connectivity index (χ4n) is 1.94. The first-order chi connectivity index (χ1) is 9.34. The molecule has 0 aromatic carbocycles. The molecule has 7 nitrogen and oxygen atoms in total. The van der Waals surface area contributed by atoms with Gasteiger partial charge in [0.25, 0.3) is 5.91 Å². The molecule has 0 aromatic rings. The van der Waals surface area contributed by atoms with Gasteiger partial charge in [-0.2, -0.15) is 0 Å². The van der Waals surface area contributed by atoms with E-state index in [4.69, 9.17) is 5.11 Å². The summed E-state index contributed by atoms with van der Waals surface area (Å²) in [5.41, 5.74) is -0.915. The highest BCUT2D eigenvalue weighted by atomic mass is 16.3. The van der Waals surface area contributed by atoms with E-state index in [-0.39, 0.29) is 30.9 Å². The van der Waals surface area contributed by atoms with Crippen LogP contribution in [0, 0.1) is 5.92 Å². The number of hydrogen-bond donors (Lipinski definition) is 3. The Hall–Kier alpha value is -1.63. The van der Waals surface area contributed by atoms with Crippen LogP contribution in [0.5, 0.6) is 0 Å². The monoisotopic (exact) mass is 285 g/mol. The van der Waals surface area contributed by atoms with Crippen molar-refractivity contribution in [2.75, 3.05) is 19.7 Å². The molecular formula is C13H23N3O4. The normalized spacial score (nSPS) is 23.7. The number of amides is 4. The molecule has 0 aromatic heterocycles. The van der Waals surface area contributed by atoms with E-state index in [1.807, 2.05) is 6.92 Å². The van der Waals surface area contributed by atoms with Gasteiger partial charge in [-0.3, -0.25) is 14.5 Å². The second kappa shape index (κ2) is 6.69. The summed E-state index contributed by atoms with van der Waals surface area (Å²) in [4.78, 5) is 36.5. The van der Waals surface area contributed by atoms with Crippen molar-refractivity contribution in [2.24, 2.45) is 5.92 Å². The lowest BCUT2D eigenvalue weighted by Gasteiger charge is -2.19. The van der Waals surface area contributed by atoms with Crippen LogP contribution in [0.4, 0.5) is 4.79 Å². The number of nitrogens with one attached hydrogen (secondary N) is 2. The average Bonchev–Trinajstić information content (AvgIpc) is 2.61. The number of rotatable bonds is 7. The van der Waals surface area contributed by atoms with Crippen molar-refractivity contribution in [2.45, 2.75) is 39.2 Å². The number of hydrogen-bond acceptors (Lipinski definition) is 4. The largest absolute Gasteiger partial charge is 0.396 e. The number of nitrogens with zero attached hydrogens (tertiary/aromatic N) is 1. The van der Waals surface area contributed by atoms with E-state index < -0.39 is 11.6 Å². The van der Waals surface area contributed by atoms with Crippen molar-refractivity contribution in [1.29, 1.82) is 0 Å². The van der Waals surface area contributed by atoms with E-state index in [1.54, 1.807) is 13.8 Å². The number of imide groups is 1. The van der Waals surface area contributed by atoms with Crippen LogP contribution >= 0.6 is 0 Å². The Labute approximate surface area is 118 Å². The molecule has 20 heavy (non-hydrogen) atoms. The fraction of sp³-hybridized carbons (Fsp3) is 0.769. The molecule has 0 spiro atoms. The van der Waals surface area contributed by atoms with Gasteiger partial charge >= 0.3 is 6.03 Å². The van der Waals surface area contributed by atoms with Crippen LogP contribution in [0.15, 0.2) is 0 Å². The number of urea groups is 1. The zero-order valence-corrected chi connectivity index (χ0v) is 12.2. The van der Waals surface area contributed by atoms with E-state index in [1.165, 1.54) is 0 Å². The van der Waals surface area contributed by atoms with Crippen LogP contribution in [0.3, 0.4) is 0 Å². The molecule has 3 N–H and O–H groups in total. The van der Waals surface area contributed by atoms with Gasteiger partial charge in [-0.1, -0.05) is 13.8 Å². The van der Waals surface area contributed by atoms with Gasteiger partial charge in [0.15, 0.2) is 0 Å². The van der Waals surface area contributed by atoms with Crippen molar-refractivity contribution in [1.82, 2.24) is 15.5 Å². The summed E-state index contributed by atoms with van der Waals surface area (Å²) in [5, 5.41) is 14.0. The van der Waals surface area contributed by atoms with E-state index >= 15 is 0 Å². The minimum absolute atomic E-state index is 0.0684. The minimum atomic E-state index is -0.915.